The number of anilines is 2. The molecule has 1 saturated carbocycles. The lowest BCUT2D eigenvalue weighted by molar-refractivity contribution is 0.461. The maximum Gasteiger partial charge on any atom is 0.223 e. The molecule has 34 heavy (non-hydrogen) atoms. The van der Waals surface area contributed by atoms with Gasteiger partial charge in [0.2, 0.25) is 5.95 Å². The number of rotatable bonds is 7. The van der Waals surface area contributed by atoms with Crippen molar-refractivity contribution in [2.45, 2.75) is 63.3 Å². The molecule has 1 aromatic heterocycles. The second-order valence-electron chi connectivity index (χ2n) is 9.15. The monoisotopic (exact) mass is 468 g/mol. The molecule has 0 aliphatic heterocycles. The molecular weight excluding hydrogens is 436 g/mol. The summed E-state index contributed by atoms with van der Waals surface area (Å²) >= 11 is 1.63. The highest BCUT2D eigenvalue weighted by atomic mass is 32.2. The zero-order valence-electron chi connectivity index (χ0n) is 20.0. The van der Waals surface area contributed by atoms with E-state index in [4.69, 9.17) is 4.98 Å². The first-order valence-electron chi connectivity index (χ1n) is 12.3. The van der Waals surface area contributed by atoms with Gasteiger partial charge in [0.25, 0.3) is 0 Å². The molecule has 5 heteroatoms. The lowest BCUT2D eigenvalue weighted by atomic mass is 9.95. The number of benzene rings is 3. The number of aromatic nitrogens is 2. The van der Waals surface area contributed by atoms with E-state index in [1.54, 1.807) is 11.9 Å². The third-order valence-electron chi connectivity index (χ3n) is 6.65. The summed E-state index contributed by atoms with van der Waals surface area (Å²) in [4.78, 5) is 10.8. The number of aryl methyl sites for hydroxylation is 2. The van der Waals surface area contributed by atoms with Gasteiger partial charge in [0, 0.05) is 28.2 Å². The normalized spacial score (nSPS) is 14.3. The molecule has 174 valence electrons. The fourth-order valence-corrected chi connectivity index (χ4v) is 5.46. The Balaban J connectivity index is 1.38. The zero-order valence-corrected chi connectivity index (χ0v) is 20.8. The Labute approximate surface area is 206 Å². The molecular formula is C29H32N4S. The van der Waals surface area contributed by atoms with E-state index < -0.39 is 0 Å². The third kappa shape index (κ3) is 5.20. The van der Waals surface area contributed by atoms with Gasteiger partial charge in [-0.15, -0.1) is 0 Å². The van der Waals surface area contributed by atoms with Crippen molar-refractivity contribution in [2.75, 3.05) is 10.0 Å². The van der Waals surface area contributed by atoms with E-state index in [9.17, 15) is 0 Å². The second kappa shape index (κ2) is 10.5. The maximum absolute atomic E-state index is 4.93. The maximum atomic E-state index is 4.93. The molecule has 0 atom stereocenters. The van der Waals surface area contributed by atoms with E-state index in [0.29, 0.717) is 6.04 Å². The predicted octanol–water partition coefficient (Wildman–Crippen LogP) is 8.03. The van der Waals surface area contributed by atoms with Crippen LogP contribution in [0, 0.1) is 6.92 Å². The van der Waals surface area contributed by atoms with Crippen LogP contribution in [-0.4, -0.2) is 16.0 Å². The van der Waals surface area contributed by atoms with E-state index in [1.165, 1.54) is 59.3 Å². The molecule has 0 amide bonds. The van der Waals surface area contributed by atoms with Crippen LogP contribution in [0.5, 0.6) is 0 Å². The first-order valence-corrected chi connectivity index (χ1v) is 13.2. The molecule has 0 unspecified atom stereocenters. The van der Waals surface area contributed by atoms with Crippen molar-refractivity contribution in [1.29, 1.82) is 0 Å². The fourth-order valence-electron chi connectivity index (χ4n) is 4.80. The minimum Gasteiger partial charge on any atom is -0.351 e. The van der Waals surface area contributed by atoms with Gasteiger partial charge in [0.05, 0.1) is 5.52 Å². The smallest absolute Gasteiger partial charge is 0.223 e. The standard InChI is InChI=1S/C29H32N4S/c1-3-21-17-22(18-23-19-30-29(32-28(21)23)31-24-10-6-4-7-11-24)27-15-14-25(16-20(27)2)33-34-26-12-8-5-9-13-26/h5,8-9,12-19,24,33H,3-4,6-7,10-11H2,1-2H3,(H,30,31,32). The van der Waals surface area contributed by atoms with Crippen LogP contribution in [0.25, 0.3) is 22.0 Å². The highest BCUT2D eigenvalue weighted by molar-refractivity contribution is 8.00. The van der Waals surface area contributed by atoms with Crippen molar-refractivity contribution >= 4 is 34.5 Å². The average molecular weight is 469 g/mol. The first-order chi connectivity index (χ1) is 16.7. The molecule has 0 saturated heterocycles. The van der Waals surface area contributed by atoms with Crippen LogP contribution in [0.4, 0.5) is 11.6 Å². The summed E-state index contributed by atoms with van der Waals surface area (Å²) in [7, 11) is 0. The fraction of sp³-hybridized carbons (Fsp3) is 0.310. The molecule has 4 nitrogen and oxygen atoms in total. The molecule has 1 aliphatic rings. The summed E-state index contributed by atoms with van der Waals surface area (Å²) in [6.07, 6.45) is 9.31. The van der Waals surface area contributed by atoms with Gasteiger partial charge in [0.15, 0.2) is 0 Å². The largest absolute Gasteiger partial charge is 0.351 e. The number of nitrogens with one attached hydrogen (secondary N) is 2. The van der Waals surface area contributed by atoms with E-state index in [1.807, 2.05) is 12.3 Å². The van der Waals surface area contributed by atoms with Crippen LogP contribution >= 0.6 is 11.9 Å². The van der Waals surface area contributed by atoms with Gasteiger partial charge in [-0.2, -0.15) is 0 Å². The summed E-state index contributed by atoms with van der Waals surface area (Å²) in [6.45, 7) is 4.38. The van der Waals surface area contributed by atoms with Crippen molar-refractivity contribution < 1.29 is 0 Å². The molecule has 0 radical (unpaired) electrons. The highest BCUT2D eigenvalue weighted by Crippen LogP contribution is 2.32. The van der Waals surface area contributed by atoms with Gasteiger partial charge >= 0.3 is 0 Å². The quantitative estimate of drug-likeness (QED) is 0.269. The van der Waals surface area contributed by atoms with Crippen LogP contribution in [0.3, 0.4) is 0 Å². The molecule has 2 N–H and O–H groups in total. The lowest BCUT2D eigenvalue weighted by Gasteiger charge is -2.22. The summed E-state index contributed by atoms with van der Waals surface area (Å²) in [5, 5.41) is 4.68. The van der Waals surface area contributed by atoms with Crippen molar-refractivity contribution in [1.82, 2.24) is 9.97 Å². The molecule has 0 bridgehead atoms. The molecule has 4 aromatic rings. The Morgan fingerprint density at radius 1 is 0.971 bits per heavy atom. The molecule has 1 fully saturated rings. The van der Waals surface area contributed by atoms with Crippen LogP contribution in [-0.2, 0) is 6.42 Å². The molecule has 5 rings (SSSR count). The number of hydrogen-bond donors (Lipinski definition) is 2. The van der Waals surface area contributed by atoms with Gasteiger partial charge in [-0.05, 0) is 96.8 Å². The Hall–Kier alpha value is -3.05. The summed E-state index contributed by atoms with van der Waals surface area (Å²) < 4.78 is 3.46. The van der Waals surface area contributed by atoms with E-state index in [-0.39, 0.29) is 0 Å². The van der Waals surface area contributed by atoms with Crippen LogP contribution < -0.4 is 10.0 Å². The SMILES string of the molecule is CCc1cc(-c2ccc(NSc3ccccc3)cc2C)cc2cnc(NC3CCCCC3)nc12. The van der Waals surface area contributed by atoms with Crippen molar-refractivity contribution in [3.63, 3.8) is 0 Å². The van der Waals surface area contributed by atoms with E-state index in [2.05, 4.69) is 83.5 Å². The summed E-state index contributed by atoms with van der Waals surface area (Å²) in [6, 6.07) is 22.0. The number of fused-ring (bicyclic) bond motifs is 1. The second-order valence-corrected chi connectivity index (χ2v) is 10.0. The van der Waals surface area contributed by atoms with Crippen molar-refractivity contribution in [2.24, 2.45) is 0 Å². The highest BCUT2D eigenvalue weighted by Gasteiger charge is 2.15. The molecule has 1 heterocycles. The average Bonchev–Trinajstić information content (AvgIpc) is 2.88. The Kier molecular flexibility index (Phi) is 7.00. The van der Waals surface area contributed by atoms with Gasteiger partial charge in [-0.3, -0.25) is 0 Å². The minimum absolute atomic E-state index is 0.505. The lowest BCUT2D eigenvalue weighted by Crippen LogP contribution is -2.23. The first kappa shape index (κ1) is 22.7. The van der Waals surface area contributed by atoms with Crippen LogP contribution in [0.1, 0.15) is 50.2 Å². The van der Waals surface area contributed by atoms with Crippen LogP contribution in [0.15, 0.2) is 71.8 Å². The number of nitrogens with zero attached hydrogens (tertiary/aromatic N) is 2. The van der Waals surface area contributed by atoms with Crippen molar-refractivity contribution in [3.8, 4) is 11.1 Å². The molecule has 1 aliphatic carbocycles. The minimum atomic E-state index is 0.505. The van der Waals surface area contributed by atoms with E-state index >= 15 is 0 Å². The van der Waals surface area contributed by atoms with Gasteiger partial charge < -0.3 is 10.0 Å². The van der Waals surface area contributed by atoms with Gasteiger partial charge in [0.1, 0.15) is 0 Å². The summed E-state index contributed by atoms with van der Waals surface area (Å²) in [5.41, 5.74) is 7.15. The Morgan fingerprint density at radius 2 is 1.79 bits per heavy atom. The van der Waals surface area contributed by atoms with Gasteiger partial charge in [-0.25, -0.2) is 9.97 Å². The summed E-state index contributed by atoms with van der Waals surface area (Å²) in [5.74, 6) is 0.768. The van der Waals surface area contributed by atoms with E-state index in [0.717, 1.165) is 29.0 Å². The Morgan fingerprint density at radius 3 is 2.56 bits per heavy atom. The topological polar surface area (TPSA) is 49.8 Å². The molecule has 3 aromatic carbocycles. The molecule has 0 spiro atoms. The van der Waals surface area contributed by atoms with Crippen molar-refractivity contribution in [3.05, 3.63) is 78.0 Å². The van der Waals surface area contributed by atoms with Gasteiger partial charge in [-0.1, -0.05) is 50.5 Å². The number of hydrogen-bond acceptors (Lipinski definition) is 5. The predicted molar refractivity (Wildman–Crippen MR) is 146 cm³/mol. The third-order valence-corrected chi connectivity index (χ3v) is 7.49. The zero-order chi connectivity index (χ0) is 23.3. The van der Waals surface area contributed by atoms with Crippen LogP contribution in [0.2, 0.25) is 0 Å². The Bertz CT molecular complexity index is 1270.